The molecule has 0 aromatic heterocycles. The first-order chi connectivity index (χ1) is 10.2. The van der Waals surface area contributed by atoms with Crippen LogP contribution >= 0.6 is 0 Å². The van der Waals surface area contributed by atoms with Gasteiger partial charge in [-0.05, 0) is 25.5 Å². The predicted octanol–water partition coefficient (Wildman–Crippen LogP) is 3.88. The van der Waals surface area contributed by atoms with E-state index < -0.39 is 6.10 Å². The molecule has 1 unspecified atom stereocenters. The summed E-state index contributed by atoms with van der Waals surface area (Å²) < 4.78 is 5.62. The molecule has 1 atom stereocenters. The Kier molecular flexibility index (Phi) is 8.40. The highest BCUT2D eigenvalue weighted by atomic mass is 16.5. The topological polar surface area (TPSA) is 32.7 Å². The van der Waals surface area contributed by atoms with Crippen molar-refractivity contribution in [2.75, 3.05) is 26.2 Å². The summed E-state index contributed by atoms with van der Waals surface area (Å²) in [5.74, 6) is 1.50. The zero-order valence-electron chi connectivity index (χ0n) is 14.0. The highest BCUT2D eigenvalue weighted by Gasteiger charge is 2.18. The van der Waals surface area contributed by atoms with Crippen LogP contribution in [0.4, 0.5) is 0 Å². The van der Waals surface area contributed by atoms with E-state index in [2.05, 4.69) is 25.7 Å². The van der Waals surface area contributed by atoms with Crippen LogP contribution in [-0.2, 0) is 0 Å². The zero-order valence-corrected chi connectivity index (χ0v) is 14.0. The van der Waals surface area contributed by atoms with Gasteiger partial charge in [-0.1, -0.05) is 51.8 Å². The Hall–Kier alpha value is -1.06. The molecule has 3 heteroatoms. The molecule has 120 valence electrons. The van der Waals surface area contributed by atoms with Gasteiger partial charge in [0.15, 0.2) is 0 Å². The molecule has 0 aliphatic rings. The maximum atomic E-state index is 10.6. The van der Waals surface area contributed by atoms with E-state index in [1.165, 1.54) is 12.8 Å². The minimum atomic E-state index is -0.498. The third-order valence-electron chi connectivity index (χ3n) is 4.13. The van der Waals surface area contributed by atoms with Crippen LogP contribution in [0.2, 0.25) is 0 Å². The fourth-order valence-corrected chi connectivity index (χ4v) is 2.63. The van der Waals surface area contributed by atoms with Gasteiger partial charge in [-0.2, -0.15) is 0 Å². The van der Waals surface area contributed by atoms with Gasteiger partial charge < -0.3 is 14.7 Å². The molecule has 0 spiro atoms. The van der Waals surface area contributed by atoms with E-state index in [1.807, 2.05) is 31.2 Å². The number of rotatable bonds is 10. The fraction of sp³-hybridized carbons (Fsp3) is 0.667. The molecule has 1 N–H and O–H groups in total. The number of likely N-dealkylation sites (N-methyl/N-ethyl adjacent to an activating group) is 1. The molecule has 0 saturated heterocycles. The van der Waals surface area contributed by atoms with E-state index in [-0.39, 0.29) is 0 Å². The average molecular weight is 293 g/mol. The molecule has 0 radical (unpaired) electrons. The SMILES string of the molecule is CCOc1ccccc1C(O)CN(CC)CC(CC)CC. The van der Waals surface area contributed by atoms with Crippen LogP contribution in [0.15, 0.2) is 24.3 Å². The summed E-state index contributed by atoms with van der Waals surface area (Å²) in [7, 11) is 0. The molecule has 0 aliphatic carbocycles. The Bertz CT molecular complexity index is 391. The third-order valence-corrected chi connectivity index (χ3v) is 4.13. The van der Waals surface area contributed by atoms with Gasteiger partial charge in [-0.25, -0.2) is 0 Å². The van der Waals surface area contributed by atoms with Gasteiger partial charge in [-0.15, -0.1) is 0 Å². The third kappa shape index (κ3) is 5.68. The highest BCUT2D eigenvalue weighted by Crippen LogP contribution is 2.26. The summed E-state index contributed by atoms with van der Waals surface area (Å²) in [4.78, 5) is 2.34. The molecular weight excluding hydrogens is 262 g/mol. The Morgan fingerprint density at radius 1 is 1.05 bits per heavy atom. The molecule has 21 heavy (non-hydrogen) atoms. The lowest BCUT2D eigenvalue weighted by Crippen LogP contribution is -2.33. The Morgan fingerprint density at radius 2 is 1.71 bits per heavy atom. The van der Waals surface area contributed by atoms with E-state index in [4.69, 9.17) is 4.74 Å². The monoisotopic (exact) mass is 293 g/mol. The van der Waals surface area contributed by atoms with Crippen molar-refractivity contribution < 1.29 is 9.84 Å². The van der Waals surface area contributed by atoms with Gasteiger partial charge in [0.2, 0.25) is 0 Å². The summed E-state index contributed by atoms with van der Waals surface area (Å²) in [6.45, 7) is 11.9. The molecular formula is C18H31NO2. The second-order valence-corrected chi connectivity index (χ2v) is 5.52. The van der Waals surface area contributed by atoms with Crippen LogP contribution in [-0.4, -0.2) is 36.2 Å². The van der Waals surface area contributed by atoms with Crippen molar-refractivity contribution in [1.29, 1.82) is 0 Å². The molecule has 0 aliphatic heterocycles. The highest BCUT2D eigenvalue weighted by molar-refractivity contribution is 5.35. The summed E-state index contributed by atoms with van der Waals surface area (Å²) in [5, 5.41) is 10.6. The van der Waals surface area contributed by atoms with Crippen molar-refractivity contribution in [2.24, 2.45) is 5.92 Å². The summed E-state index contributed by atoms with van der Waals surface area (Å²) in [5.41, 5.74) is 0.891. The summed E-state index contributed by atoms with van der Waals surface area (Å²) in [6, 6.07) is 7.79. The number of aliphatic hydroxyl groups is 1. The molecule has 1 rings (SSSR count). The van der Waals surface area contributed by atoms with Gasteiger partial charge in [0.05, 0.1) is 12.7 Å². The fourth-order valence-electron chi connectivity index (χ4n) is 2.63. The van der Waals surface area contributed by atoms with Gasteiger partial charge in [0.25, 0.3) is 0 Å². The van der Waals surface area contributed by atoms with Gasteiger partial charge in [0, 0.05) is 18.7 Å². The van der Waals surface area contributed by atoms with Crippen LogP contribution < -0.4 is 4.74 Å². The van der Waals surface area contributed by atoms with Gasteiger partial charge in [-0.3, -0.25) is 0 Å². The minimum Gasteiger partial charge on any atom is -0.493 e. The van der Waals surface area contributed by atoms with Gasteiger partial charge >= 0.3 is 0 Å². The van der Waals surface area contributed by atoms with Crippen LogP contribution in [0.3, 0.4) is 0 Å². The number of benzene rings is 1. The van der Waals surface area contributed by atoms with Crippen molar-refractivity contribution >= 4 is 0 Å². The number of aliphatic hydroxyl groups excluding tert-OH is 1. The molecule has 0 heterocycles. The first-order valence-corrected chi connectivity index (χ1v) is 8.28. The molecule has 0 bridgehead atoms. The number of nitrogens with zero attached hydrogens (tertiary/aromatic N) is 1. The maximum absolute atomic E-state index is 10.6. The van der Waals surface area contributed by atoms with E-state index in [0.717, 1.165) is 24.4 Å². The normalized spacial score (nSPS) is 12.9. The van der Waals surface area contributed by atoms with E-state index in [0.29, 0.717) is 19.1 Å². The second-order valence-electron chi connectivity index (χ2n) is 5.52. The lowest BCUT2D eigenvalue weighted by Gasteiger charge is -2.28. The molecule has 0 saturated carbocycles. The molecule has 0 amide bonds. The van der Waals surface area contributed by atoms with Gasteiger partial charge in [0.1, 0.15) is 5.75 Å². The number of para-hydroxylation sites is 1. The zero-order chi connectivity index (χ0) is 15.7. The van der Waals surface area contributed by atoms with Crippen LogP contribution in [0.1, 0.15) is 52.2 Å². The van der Waals surface area contributed by atoms with E-state index >= 15 is 0 Å². The lowest BCUT2D eigenvalue weighted by atomic mass is 10.0. The molecule has 1 aromatic rings. The second kappa shape index (κ2) is 9.80. The predicted molar refractivity (Wildman–Crippen MR) is 88.8 cm³/mol. The summed E-state index contributed by atoms with van der Waals surface area (Å²) in [6.07, 6.45) is 1.89. The Morgan fingerprint density at radius 3 is 2.29 bits per heavy atom. The molecule has 3 nitrogen and oxygen atoms in total. The van der Waals surface area contributed by atoms with E-state index in [9.17, 15) is 5.11 Å². The number of hydrogen-bond donors (Lipinski definition) is 1. The first-order valence-electron chi connectivity index (χ1n) is 8.28. The minimum absolute atomic E-state index is 0.498. The average Bonchev–Trinajstić information content (AvgIpc) is 2.52. The van der Waals surface area contributed by atoms with Crippen LogP contribution in [0.5, 0.6) is 5.75 Å². The van der Waals surface area contributed by atoms with Crippen LogP contribution in [0.25, 0.3) is 0 Å². The maximum Gasteiger partial charge on any atom is 0.125 e. The number of hydrogen-bond acceptors (Lipinski definition) is 3. The Balaban J connectivity index is 2.71. The van der Waals surface area contributed by atoms with Crippen molar-refractivity contribution in [3.8, 4) is 5.75 Å². The lowest BCUT2D eigenvalue weighted by molar-refractivity contribution is 0.102. The smallest absolute Gasteiger partial charge is 0.125 e. The van der Waals surface area contributed by atoms with Crippen LogP contribution in [0, 0.1) is 5.92 Å². The first kappa shape index (κ1) is 18.0. The summed E-state index contributed by atoms with van der Waals surface area (Å²) >= 11 is 0. The van der Waals surface area contributed by atoms with Crippen molar-refractivity contribution in [3.63, 3.8) is 0 Å². The standard InChI is InChI=1S/C18H31NO2/c1-5-15(6-2)13-19(7-3)14-17(20)16-11-9-10-12-18(16)21-8-4/h9-12,15,17,20H,5-8,13-14H2,1-4H3. The molecule has 1 aromatic carbocycles. The van der Waals surface area contributed by atoms with Crippen molar-refractivity contribution in [1.82, 2.24) is 4.90 Å². The van der Waals surface area contributed by atoms with E-state index in [1.54, 1.807) is 0 Å². The molecule has 0 fully saturated rings. The quantitative estimate of drug-likeness (QED) is 0.710. The Labute approximate surface area is 129 Å². The number of ether oxygens (including phenoxy) is 1. The van der Waals surface area contributed by atoms with Crippen molar-refractivity contribution in [3.05, 3.63) is 29.8 Å². The van der Waals surface area contributed by atoms with Crippen molar-refractivity contribution in [2.45, 2.75) is 46.6 Å². The largest absolute Gasteiger partial charge is 0.493 e.